The quantitative estimate of drug-likeness (QED) is 0.839. The van der Waals surface area contributed by atoms with Gasteiger partial charge in [0.05, 0.1) is 11.5 Å². The summed E-state index contributed by atoms with van der Waals surface area (Å²) in [6, 6.07) is 11.3. The summed E-state index contributed by atoms with van der Waals surface area (Å²) < 4.78 is 5.59. The first-order chi connectivity index (χ1) is 10.9. The van der Waals surface area contributed by atoms with Crippen molar-refractivity contribution in [2.45, 2.75) is 19.4 Å². The van der Waals surface area contributed by atoms with E-state index in [0.717, 1.165) is 0 Å². The molecule has 2 aromatic rings. The van der Waals surface area contributed by atoms with Gasteiger partial charge in [-0.1, -0.05) is 29.8 Å². The van der Waals surface area contributed by atoms with Crippen molar-refractivity contribution in [2.24, 2.45) is 0 Å². The maximum atomic E-state index is 11.2. The molecular weight excluding hydrogens is 320 g/mol. The lowest BCUT2D eigenvalue weighted by Crippen LogP contribution is -2.08. The SMILES string of the molecule is CC(C(=O)O)c1cccc(OCc2ccc(Cl)cc2C(=O)O)c1. The standard InChI is InChI=1S/C17H15ClO5/c1-10(16(19)20)11-3-2-4-14(7-11)23-9-12-5-6-13(18)8-15(12)17(21)22/h2-8,10H,9H2,1H3,(H,19,20)(H,21,22). The van der Waals surface area contributed by atoms with Gasteiger partial charge in [-0.25, -0.2) is 4.79 Å². The number of carbonyl (C=O) groups is 2. The lowest BCUT2D eigenvalue weighted by atomic mass is 10.0. The molecule has 0 amide bonds. The number of rotatable bonds is 6. The molecule has 0 heterocycles. The van der Waals surface area contributed by atoms with Crippen molar-refractivity contribution in [1.29, 1.82) is 0 Å². The maximum absolute atomic E-state index is 11.2. The van der Waals surface area contributed by atoms with Crippen LogP contribution in [0.3, 0.4) is 0 Å². The first-order valence-corrected chi connectivity index (χ1v) is 7.23. The van der Waals surface area contributed by atoms with Gasteiger partial charge >= 0.3 is 11.9 Å². The van der Waals surface area contributed by atoms with Gasteiger partial charge in [-0.2, -0.15) is 0 Å². The third-order valence-electron chi connectivity index (χ3n) is 3.43. The Balaban J connectivity index is 2.17. The van der Waals surface area contributed by atoms with Gasteiger partial charge in [0.15, 0.2) is 0 Å². The van der Waals surface area contributed by atoms with E-state index >= 15 is 0 Å². The van der Waals surface area contributed by atoms with Crippen molar-refractivity contribution in [3.8, 4) is 5.75 Å². The van der Waals surface area contributed by atoms with E-state index in [2.05, 4.69) is 0 Å². The molecular formula is C17H15ClO5. The average molecular weight is 335 g/mol. The Kier molecular flexibility index (Phi) is 5.24. The van der Waals surface area contributed by atoms with E-state index in [-0.39, 0.29) is 12.2 Å². The Morgan fingerprint density at radius 1 is 1.17 bits per heavy atom. The number of hydrogen-bond donors (Lipinski definition) is 2. The summed E-state index contributed by atoms with van der Waals surface area (Å²) in [5, 5.41) is 18.6. The fourth-order valence-corrected chi connectivity index (χ4v) is 2.22. The molecule has 0 saturated carbocycles. The Morgan fingerprint density at radius 2 is 1.91 bits per heavy atom. The molecule has 0 aliphatic rings. The number of carboxylic acid groups (broad SMARTS) is 2. The van der Waals surface area contributed by atoms with Crippen LogP contribution in [-0.4, -0.2) is 22.2 Å². The highest BCUT2D eigenvalue weighted by atomic mass is 35.5. The molecule has 0 aliphatic heterocycles. The van der Waals surface area contributed by atoms with Gasteiger partial charge in [0, 0.05) is 10.6 Å². The first kappa shape index (κ1) is 16.8. The van der Waals surface area contributed by atoms with Gasteiger partial charge in [0.2, 0.25) is 0 Å². The van der Waals surface area contributed by atoms with Crippen LogP contribution in [0.15, 0.2) is 42.5 Å². The fourth-order valence-electron chi connectivity index (χ4n) is 2.05. The zero-order valence-corrected chi connectivity index (χ0v) is 13.1. The zero-order chi connectivity index (χ0) is 17.0. The predicted octanol–water partition coefficient (Wildman–Crippen LogP) is 3.81. The van der Waals surface area contributed by atoms with E-state index in [1.54, 1.807) is 43.3 Å². The number of aromatic carboxylic acids is 1. The number of ether oxygens (including phenoxy) is 1. The number of aliphatic carboxylic acids is 1. The van der Waals surface area contributed by atoms with Crippen molar-refractivity contribution in [3.05, 3.63) is 64.2 Å². The lowest BCUT2D eigenvalue weighted by molar-refractivity contribution is -0.138. The lowest BCUT2D eigenvalue weighted by Gasteiger charge is -2.12. The first-order valence-electron chi connectivity index (χ1n) is 6.85. The van der Waals surface area contributed by atoms with Crippen molar-refractivity contribution in [2.75, 3.05) is 0 Å². The number of halogens is 1. The number of hydrogen-bond acceptors (Lipinski definition) is 3. The van der Waals surface area contributed by atoms with Crippen molar-refractivity contribution >= 4 is 23.5 Å². The molecule has 2 N–H and O–H groups in total. The average Bonchev–Trinajstić information content (AvgIpc) is 2.53. The van der Waals surface area contributed by atoms with Crippen LogP contribution < -0.4 is 4.74 Å². The van der Waals surface area contributed by atoms with Gasteiger partial charge in [0.25, 0.3) is 0 Å². The molecule has 1 atom stereocenters. The summed E-state index contributed by atoms with van der Waals surface area (Å²) in [7, 11) is 0. The Morgan fingerprint density at radius 3 is 2.57 bits per heavy atom. The van der Waals surface area contributed by atoms with Gasteiger partial charge < -0.3 is 14.9 Å². The maximum Gasteiger partial charge on any atom is 0.336 e. The molecule has 0 aromatic heterocycles. The second-order valence-corrected chi connectivity index (χ2v) is 5.46. The van der Waals surface area contributed by atoms with Crippen LogP contribution in [0.4, 0.5) is 0 Å². The Bertz CT molecular complexity index is 742. The summed E-state index contributed by atoms with van der Waals surface area (Å²) in [5.41, 5.74) is 1.18. The molecule has 120 valence electrons. The van der Waals surface area contributed by atoms with E-state index in [1.807, 2.05) is 0 Å². The molecule has 1 unspecified atom stereocenters. The Hall–Kier alpha value is -2.53. The number of benzene rings is 2. The second-order valence-electron chi connectivity index (χ2n) is 5.03. The van der Waals surface area contributed by atoms with Gasteiger partial charge in [0.1, 0.15) is 12.4 Å². The highest BCUT2D eigenvalue weighted by Crippen LogP contribution is 2.23. The molecule has 0 saturated heterocycles. The largest absolute Gasteiger partial charge is 0.489 e. The third-order valence-corrected chi connectivity index (χ3v) is 3.66. The summed E-state index contributed by atoms with van der Waals surface area (Å²) in [6.45, 7) is 1.63. The minimum absolute atomic E-state index is 0.0453. The molecule has 2 aromatic carbocycles. The summed E-state index contributed by atoms with van der Waals surface area (Å²) in [4.78, 5) is 22.2. The van der Waals surface area contributed by atoms with Gasteiger partial charge in [-0.15, -0.1) is 0 Å². The van der Waals surface area contributed by atoms with Crippen molar-refractivity contribution < 1.29 is 24.5 Å². The van der Waals surface area contributed by atoms with Crippen molar-refractivity contribution in [3.63, 3.8) is 0 Å². The van der Waals surface area contributed by atoms with Gasteiger partial charge in [-0.3, -0.25) is 4.79 Å². The Labute approximate surface area is 138 Å². The highest BCUT2D eigenvalue weighted by molar-refractivity contribution is 6.30. The number of carboxylic acids is 2. The van der Waals surface area contributed by atoms with E-state index in [9.17, 15) is 14.7 Å². The molecule has 23 heavy (non-hydrogen) atoms. The van der Waals surface area contributed by atoms with Crippen LogP contribution in [0.25, 0.3) is 0 Å². The second kappa shape index (κ2) is 7.15. The molecule has 5 nitrogen and oxygen atoms in total. The van der Waals surface area contributed by atoms with Crippen LogP contribution in [0.5, 0.6) is 5.75 Å². The predicted molar refractivity (Wildman–Crippen MR) is 85.2 cm³/mol. The topological polar surface area (TPSA) is 83.8 Å². The summed E-state index contributed by atoms with van der Waals surface area (Å²) in [5.74, 6) is -2.18. The normalized spacial score (nSPS) is 11.7. The molecule has 0 radical (unpaired) electrons. The van der Waals surface area contributed by atoms with Crippen LogP contribution in [0.1, 0.15) is 34.3 Å². The molecule has 0 fully saturated rings. The molecule has 0 bridgehead atoms. The molecule has 0 spiro atoms. The third kappa shape index (κ3) is 4.23. The van der Waals surface area contributed by atoms with Crippen LogP contribution in [0.2, 0.25) is 5.02 Å². The van der Waals surface area contributed by atoms with Gasteiger partial charge in [-0.05, 0) is 36.8 Å². The fraction of sp³-hybridized carbons (Fsp3) is 0.176. The van der Waals surface area contributed by atoms with Crippen LogP contribution >= 0.6 is 11.6 Å². The minimum Gasteiger partial charge on any atom is -0.489 e. The molecule has 0 aliphatic carbocycles. The zero-order valence-electron chi connectivity index (χ0n) is 12.3. The monoisotopic (exact) mass is 334 g/mol. The smallest absolute Gasteiger partial charge is 0.336 e. The van der Waals surface area contributed by atoms with E-state index in [1.165, 1.54) is 6.07 Å². The van der Waals surface area contributed by atoms with E-state index < -0.39 is 17.9 Å². The molecule has 2 rings (SSSR count). The summed E-state index contributed by atoms with van der Waals surface area (Å²) in [6.07, 6.45) is 0. The van der Waals surface area contributed by atoms with E-state index in [0.29, 0.717) is 21.9 Å². The highest BCUT2D eigenvalue weighted by Gasteiger charge is 2.15. The van der Waals surface area contributed by atoms with Crippen LogP contribution in [-0.2, 0) is 11.4 Å². The van der Waals surface area contributed by atoms with E-state index in [4.69, 9.17) is 21.4 Å². The molecule has 6 heteroatoms. The van der Waals surface area contributed by atoms with Crippen molar-refractivity contribution in [1.82, 2.24) is 0 Å². The minimum atomic E-state index is -1.08. The summed E-state index contributed by atoms with van der Waals surface area (Å²) >= 11 is 5.80. The van der Waals surface area contributed by atoms with Crippen LogP contribution in [0, 0.1) is 0 Å².